The molecular formula is C26H20Cl3NO2. The van der Waals surface area contributed by atoms with Gasteiger partial charge in [-0.05, 0) is 41.5 Å². The number of piperidine rings is 1. The topological polar surface area (TPSA) is 29.5 Å². The second kappa shape index (κ2) is 8.47. The van der Waals surface area contributed by atoms with Crippen molar-refractivity contribution in [1.82, 2.24) is 4.90 Å². The molecule has 162 valence electrons. The first-order chi connectivity index (χ1) is 15.5. The van der Waals surface area contributed by atoms with Gasteiger partial charge in [-0.2, -0.15) is 0 Å². The highest BCUT2D eigenvalue weighted by molar-refractivity contribution is 6.46. The van der Waals surface area contributed by atoms with Crippen LogP contribution in [0.2, 0.25) is 15.1 Å². The van der Waals surface area contributed by atoms with Gasteiger partial charge in [-0.25, -0.2) is 0 Å². The fourth-order valence-electron chi connectivity index (χ4n) is 4.31. The molecule has 5 rings (SSSR count). The maximum Gasteiger partial charge on any atom is 0.256 e. The second-order valence-electron chi connectivity index (χ2n) is 8.13. The summed E-state index contributed by atoms with van der Waals surface area (Å²) in [6.45, 7) is 1.08. The number of hydrogen-bond acceptors (Lipinski definition) is 2. The maximum atomic E-state index is 13.1. The number of hydrogen-bond donors (Lipinski definition) is 0. The first-order valence-corrected chi connectivity index (χ1v) is 11.6. The van der Waals surface area contributed by atoms with E-state index in [-0.39, 0.29) is 16.5 Å². The number of benzene rings is 3. The number of likely N-dealkylation sites (tertiary alicyclic amines) is 1. The highest BCUT2D eigenvalue weighted by Gasteiger charge is 2.38. The van der Waals surface area contributed by atoms with Crippen molar-refractivity contribution in [3.05, 3.63) is 92.9 Å². The molecule has 0 aromatic heterocycles. The van der Waals surface area contributed by atoms with Crippen LogP contribution in [-0.4, -0.2) is 29.5 Å². The SMILES string of the molecule is O=C(c1c(Cl)ccc(Cl)c1Cl)N1CCC2(C=Cc3cc(-c4ccccc4)ccc3O2)CC1. The van der Waals surface area contributed by atoms with E-state index in [1.54, 1.807) is 17.0 Å². The van der Waals surface area contributed by atoms with Gasteiger partial charge in [0.15, 0.2) is 0 Å². The van der Waals surface area contributed by atoms with Crippen LogP contribution >= 0.6 is 34.8 Å². The van der Waals surface area contributed by atoms with Crippen LogP contribution in [0.25, 0.3) is 17.2 Å². The largest absolute Gasteiger partial charge is 0.482 e. The summed E-state index contributed by atoms with van der Waals surface area (Å²) < 4.78 is 6.45. The summed E-state index contributed by atoms with van der Waals surface area (Å²) in [5.41, 5.74) is 3.24. The molecular weight excluding hydrogens is 465 g/mol. The van der Waals surface area contributed by atoms with E-state index < -0.39 is 5.60 Å². The number of carbonyl (C=O) groups excluding carboxylic acids is 1. The third-order valence-electron chi connectivity index (χ3n) is 6.15. The average Bonchev–Trinajstić information content (AvgIpc) is 2.82. The van der Waals surface area contributed by atoms with Crippen molar-refractivity contribution < 1.29 is 9.53 Å². The van der Waals surface area contributed by atoms with Crippen LogP contribution in [0.1, 0.15) is 28.8 Å². The lowest BCUT2D eigenvalue weighted by Crippen LogP contribution is -2.49. The molecule has 3 aromatic rings. The molecule has 6 heteroatoms. The Hall–Kier alpha value is -2.46. The molecule has 2 heterocycles. The summed E-state index contributed by atoms with van der Waals surface area (Å²) in [5.74, 6) is 0.665. The molecule has 2 aliphatic rings. The van der Waals surface area contributed by atoms with Crippen LogP contribution in [-0.2, 0) is 0 Å². The van der Waals surface area contributed by atoms with E-state index in [1.165, 1.54) is 5.56 Å². The minimum absolute atomic E-state index is 0.196. The van der Waals surface area contributed by atoms with Crippen LogP contribution in [0.15, 0.2) is 66.7 Å². The first kappa shape index (κ1) is 21.4. The van der Waals surface area contributed by atoms with Gasteiger partial charge in [0, 0.05) is 31.5 Å². The summed E-state index contributed by atoms with van der Waals surface area (Å²) in [6.07, 6.45) is 5.63. The summed E-state index contributed by atoms with van der Waals surface area (Å²) >= 11 is 18.6. The van der Waals surface area contributed by atoms with Crippen molar-refractivity contribution in [2.75, 3.05) is 13.1 Å². The molecule has 1 saturated heterocycles. The van der Waals surface area contributed by atoms with E-state index in [1.807, 2.05) is 24.3 Å². The molecule has 1 amide bonds. The van der Waals surface area contributed by atoms with Crippen molar-refractivity contribution in [2.45, 2.75) is 18.4 Å². The highest BCUT2D eigenvalue weighted by atomic mass is 35.5. The van der Waals surface area contributed by atoms with E-state index in [0.717, 1.165) is 16.9 Å². The van der Waals surface area contributed by atoms with Gasteiger partial charge >= 0.3 is 0 Å². The van der Waals surface area contributed by atoms with Crippen molar-refractivity contribution in [2.24, 2.45) is 0 Å². The first-order valence-electron chi connectivity index (χ1n) is 10.5. The quantitative estimate of drug-likeness (QED) is 0.355. The lowest BCUT2D eigenvalue weighted by atomic mass is 9.87. The van der Waals surface area contributed by atoms with E-state index in [4.69, 9.17) is 39.5 Å². The Morgan fingerprint density at radius 1 is 0.875 bits per heavy atom. The lowest BCUT2D eigenvalue weighted by molar-refractivity contribution is 0.0329. The third kappa shape index (κ3) is 3.90. The molecule has 3 aromatic carbocycles. The second-order valence-corrected chi connectivity index (χ2v) is 9.32. The predicted octanol–water partition coefficient (Wildman–Crippen LogP) is 7.39. The summed E-state index contributed by atoms with van der Waals surface area (Å²) in [4.78, 5) is 14.8. The van der Waals surface area contributed by atoms with E-state index in [2.05, 4.69) is 36.4 Å². The standard InChI is InChI=1S/C26H20Cl3NO2/c27-20-7-8-21(28)24(29)23(20)25(31)30-14-12-26(13-15-30)11-10-19-16-18(6-9-22(19)32-26)17-4-2-1-3-5-17/h1-11,16H,12-15H2. The monoisotopic (exact) mass is 483 g/mol. The molecule has 1 spiro atoms. The van der Waals surface area contributed by atoms with Gasteiger partial charge < -0.3 is 9.64 Å². The number of amides is 1. The van der Waals surface area contributed by atoms with E-state index >= 15 is 0 Å². The molecule has 1 fully saturated rings. The maximum absolute atomic E-state index is 13.1. The number of ether oxygens (including phenoxy) is 1. The van der Waals surface area contributed by atoms with Crippen LogP contribution in [0.4, 0.5) is 0 Å². The Morgan fingerprint density at radius 3 is 2.34 bits per heavy atom. The zero-order valence-corrected chi connectivity index (χ0v) is 19.4. The van der Waals surface area contributed by atoms with Crippen LogP contribution in [0.5, 0.6) is 5.75 Å². The Bertz CT molecular complexity index is 1220. The van der Waals surface area contributed by atoms with E-state index in [0.29, 0.717) is 36.0 Å². The molecule has 32 heavy (non-hydrogen) atoms. The zero-order valence-electron chi connectivity index (χ0n) is 17.2. The van der Waals surface area contributed by atoms with Crippen LogP contribution in [0, 0.1) is 0 Å². The van der Waals surface area contributed by atoms with Gasteiger partial charge in [0.2, 0.25) is 0 Å². The van der Waals surface area contributed by atoms with Crippen molar-refractivity contribution in [3.63, 3.8) is 0 Å². The lowest BCUT2D eigenvalue weighted by Gasteiger charge is -2.42. The van der Waals surface area contributed by atoms with Crippen molar-refractivity contribution in [1.29, 1.82) is 0 Å². The fourth-order valence-corrected chi connectivity index (χ4v) is 5.00. The van der Waals surface area contributed by atoms with Gasteiger partial charge in [0.1, 0.15) is 11.4 Å². The van der Waals surface area contributed by atoms with E-state index in [9.17, 15) is 4.79 Å². The molecule has 0 atom stereocenters. The Balaban J connectivity index is 1.32. The smallest absolute Gasteiger partial charge is 0.256 e. The van der Waals surface area contributed by atoms with Gasteiger partial charge in [-0.15, -0.1) is 0 Å². The highest BCUT2D eigenvalue weighted by Crippen LogP contribution is 2.40. The summed E-state index contributed by atoms with van der Waals surface area (Å²) in [5, 5.41) is 0.820. The molecule has 3 nitrogen and oxygen atoms in total. The number of halogens is 3. The molecule has 2 aliphatic heterocycles. The zero-order chi connectivity index (χ0) is 22.3. The van der Waals surface area contributed by atoms with Gasteiger partial charge in [0.05, 0.1) is 20.6 Å². The Morgan fingerprint density at radius 2 is 1.59 bits per heavy atom. The minimum Gasteiger partial charge on any atom is -0.482 e. The molecule has 0 N–H and O–H groups in total. The molecule has 0 radical (unpaired) electrons. The van der Waals surface area contributed by atoms with Crippen molar-refractivity contribution in [3.8, 4) is 16.9 Å². The van der Waals surface area contributed by atoms with Crippen molar-refractivity contribution >= 4 is 46.8 Å². The molecule has 0 aliphatic carbocycles. The molecule has 0 saturated carbocycles. The van der Waals surface area contributed by atoms with Crippen LogP contribution < -0.4 is 4.74 Å². The normalized spacial score (nSPS) is 16.5. The summed E-state index contributed by atoms with van der Waals surface area (Å²) in [6, 6.07) is 19.7. The van der Waals surface area contributed by atoms with Crippen LogP contribution in [0.3, 0.4) is 0 Å². The Labute approximate surface area is 202 Å². The number of carbonyl (C=O) groups is 1. The Kier molecular flexibility index (Phi) is 5.66. The average molecular weight is 485 g/mol. The number of nitrogens with zero attached hydrogens (tertiary/aromatic N) is 1. The predicted molar refractivity (Wildman–Crippen MR) is 131 cm³/mol. The number of rotatable bonds is 2. The third-order valence-corrected chi connectivity index (χ3v) is 7.27. The number of fused-ring (bicyclic) bond motifs is 1. The minimum atomic E-state index is -0.417. The van der Waals surface area contributed by atoms with Gasteiger partial charge in [-0.1, -0.05) is 77.3 Å². The fraction of sp³-hybridized carbons (Fsp3) is 0.192. The van der Waals surface area contributed by atoms with Gasteiger partial charge in [-0.3, -0.25) is 4.79 Å². The summed E-state index contributed by atoms with van der Waals surface area (Å²) in [7, 11) is 0. The molecule has 0 bridgehead atoms. The van der Waals surface area contributed by atoms with Gasteiger partial charge in [0.25, 0.3) is 5.91 Å². The molecule has 0 unspecified atom stereocenters.